The van der Waals surface area contributed by atoms with Gasteiger partial charge in [-0.1, -0.05) is 82.3 Å². The van der Waals surface area contributed by atoms with E-state index >= 15 is 0 Å². The molecule has 0 radical (unpaired) electrons. The molecule has 3 aromatic rings. The highest BCUT2D eigenvalue weighted by Crippen LogP contribution is 2.31. The van der Waals surface area contributed by atoms with Crippen molar-refractivity contribution in [3.63, 3.8) is 0 Å². The van der Waals surface area contributed by atoms with Crippen molar-refractivity contribution in [2.24, 2.45) is 0 Å². The summed E-state index contributed by atoms with van der Waals surface area (Å²) < 4.78 is 34.1. The number of para-hydroxylation sites is 2. The van der Waals surface area contributed by atoms with Crippen LogP contribution in [0.25, 0.3) is 0 Å². The Morgan fingerprint density at radius 3 is 2.23 bits per heavy atom. The lowest BCUT2D eigenvalue weighted by Crippen LogP contribution is -2.42. The lowest BCUT2D eigenvalue weighted by Gasteiger charge is -2.26. The van der Waals surface area contributed by atoms with Gasteiger partial charge in [-0.25, -0.2) is 8.42 Å². The van der Waals surface area contributed by atoms with Crippen LogP contribution in [0, 0.1) is 0 Å². The third kappa shape index (κ3) is 6.63. The first kappa shape index (κ1) is 26.3. The van der Waals surface area contributed by atoms with Crippen LogP contribution in [-0.4, -0.2) is 34.0 Å². The molecule has 1 N–H and O–H groups in total. The van der Waals surface area contributed by atoms with Crippen molar-refractivity contribution in [3.05, 3.63) is 90.0 Å². The lowest BCUT2D eigenvalue weighted by molar-refractivity contribution is -0.119. The summed E-state index contributed by atoms with van der Waals surface area (Å²) in [5.41, 5.74) is 2.37. The topological polar surface area (TPSA) is 75.7 Å². The number of aryl methyl sites for hydroxylation is 1. The molecule has 0 bridgehead atoms. The average molecular weight is 495 g/mol. The van der Waals surface area contributed by atoms with E-state index < -0.39 is 15.9 Å². The number of carbonyl (C=O) groups excluding carboxylic acids is 1. The Hall–Kier alpha value is -3.32. The second-order valence-electron chi connectivity index (χ2n) is 9.25. The van der Waals surface area contributed by atoms with Crippen LogP contribution in [0.2, 0.25) is 0 Å². The average Bonchev–Trinajstić information content (AvgIpc) is 2.85. The highest BCUT2D eigenvalue weighted by Gasteiger charge is 2.28. The molecular weight excluding hydrogens is 460 g/mol. The van der Waals surface area contributed by atoms with E-state index in [4.69, 9.17) is 4.74 Å². The largest absolute Gasteiger partial charge is 0.491 e. The molecule has 0 aliphatic carbocycles. The van der Waals surface area contributed by atoms with Gasteiger partial charge in [-0.2, -0.15) is 0 Å². The number of rotatable bonds is 10. The van der Waals surface area contributed by atoms with Crippen molar-refractivity contribution in [3.8, 4) is 5.75 Å². The molecule has 3 aromatic carbocycles. The van der Waals surface area contributed by atoms with Gasteiger partial charge in [-0.3, -0.25) is 9.10 Å². The zero-order valence-electron chi connectivity index (χ0n) is 20.8. The smallest absolute Gasteiger partial charge is 0.264 e. The third-order valence-electron chi connectivity index (χ3n) is 5.64. The zero-order chi connectivity index (χ0) is 25.5. The summed E-state index contributed by atoms with van der Waals surface area (Å²) >= 11 is 0. The number of sulfonamides is 1. The first-order valence-corrected chi connectivity index (χ1v) is 13.2. The summed E-state index contributed by atoms with van der Waals surface area (Å²) in [6.45, 7) is 8.51. The molecule has 0 aromatic heterocycles. The Kier molecular flexibility index (Phi) is 8.57. The van der Waals surface area contributed by atoms with Crippen molar-refractivity contribution < 1.29 is 17.9 Å². The fourth-order valence-corrected chi connectivity index (χ4v) is 5.30. The summed E-state index contributed by atoms with van der Waals surface area (Å²) in [4.78, 5) is 13.0. The molecule has 0 atom stereocenters. The van der Waals surface area contributed by atoms with Gasteiger partial charge in [-0.15, -0.1) is 0 Å². The van der Waals surface area contributed by atoms with E-state index in [0.717, 1.165) is 16.9 Å². The molecule has 0 aliphatic heterocycles. The molecule has 0 unspecified atom stereocenters. The van der Waals surface area contributed by atoms with Crippen LogP contribution in [0.15, 0.2) is 83.8 Å². The molecule has 1 amide bonds. The molecule has 186 valence electrons. The van der Waals surface area contributed by atoms with Crippen LogP contribution in [0.5, 0.6) is 5.75 Å². The standard InChI is InChI=1S/C28H34N2O4S/c1-5-22-13-9-11-17-25(22)30(35(32,33)23-14-7-6-8-15-23)21-27(31)29-19-20-34-26-18-12-10-16-24(26)28(2,3)4/h6-18H,5,19-21H2,1-4H3,(H,29,31). The Balaban J connectivity index is 1.73. The Bertz CT molecular complexity index is 1240. The number of hydrogen-bond acceptors (Lipinski definition) is 4. The highest BCUT2D eigenvalue weighted by molar-refractivity contribution is 7.92. The lowest BCUT2D eigenvalue weighted by atomic mass is 9.86. The van der Waals surface area contributed by atoms with Gasteiger partial charge >= 0.3 is 0 Å². The molecule has 0 saturated heterocycles. The van der Waals surface area contributed by atoms with E-state index in [0.29, 0.717) is 12.1 Å². The molecule has 35 heavy (non-hydrogen) atoms. The monoisotopic (exact) mass is 494 g/mol. The van der Waals surface area contributed by atoms with Crippen LogP contribution < -0.4 is 14.4 Å². The van der Waals surface area contributed by atoms with Crippen molar-refractivity contribution >= 4 is 21.6 Å². The van der Waals surface area contributed by atoms with Crippen molar-refractivity contribution in [1.82, 2.24) is 5.32 Å². The maximum Gasteiger partial charge on any atom is 0.264 e. The van der Waals surface area contributed by atoms with Gasteiger partial charge < -0.3 is 10.1 Å². The van der Waals surface area contributed by atoms with Crippen LogP contribution in [0.3, 0.4) is 0 Å². The minimum atomic E-state index is -3.94. The second kappa shape index (κ2) is 11.4. The number of carbonyl (C=O) groups is 1. The fourth-order valence-electron chi connectivity index (χ4n) is 3.82. The number of nitrogens with zero attached hydrogens (tertiary/aromatic N) is 1. The predicted octanol–water partition coefficient (Wildman–Crippen LogP) is 4.94. The summed E-state index contributed by atoms with van der Waals surface area (Å²) in [5, 5.41) is 2.80. The Labute approximate surface area is 209 Å². The van der Waals surface area contributed by atoms with Gasteiger partial charge in [0.15, 0.2) is 0 Å². The van der Waals surface area contributed by atoms with Crippen LogP contribution in [0.4, 0.5) is 5.69 Å². The Morgan fingerprint density at radius 2 is 1.54 bits per heavy atom. The first-order chi connectivity index (χ1) is 16.6. The van der Waals surface area contributed by atoms with Crippen LogP contribution in [-0.2, 0) is 26.7 Å². The molecule has 0 fully saturated rings. The molecule has 3 rings (SSSR count). The van der Waals surface area contributed by atoms with Gasteiger partial charge in [0.1, 0.15) is 18.9 Å². The predicted molar refractivity (Wildman–Crippen MR) is 140 cm³/mol. The van der Waals surface area contributed by atoms with E-state index in [-0.39, 0.29) is 30.0 Å². The van der Waals surface area contributed by atoms with E-state index in [1.165, 1.54) is 16.4 Å². The molecule has 0 aliphatic rings. The normalized spacial score (nSPS) is 11.7. The van der Waals surface area contributed by atoms with E-state index in [9.17, 15) is 13.2 Å². The van der Waals surface area contributed by atoms with Crippen LogP contribution >= 0.6 is 0 Å². The molecule has 0 saturated carbocycles. The van der Waals surface area contributed by atoms with Gasteiger partial charge in [0.2, 0.25) is 5.91 Å². The SMILES string of the molecule is CCc1ccccc1N(CC(=O)NCCOc1ccccc1C(C)(C)C)S(=O)(=O)c1ccccc1. The second-order valence-corrected chi connectivity index (χ2v) is 11.1. The van der Waals surface area contributed by atoms with Crippen molar-refractivity contribution in [2.75, 3.05) is 24.0 Å². The number of benzene rings is 3. The van der Waals surface area contributed by atoms with Gasteiger partial charge in [0.05, 0.1) is 17.1 Å². The summed E-state index contributed by atoms with van der Waals surface area (Å²) in [5.74, 6) is 0.377. The fraction of sp³-hybridized carbons (Fsp3) is 0.321. The highest BCUT2D eigenvalue weighted by atomic mass is 32.2. The van der Waals surface area contributed by atoms with Crippen molar-refractivity contribution in [1.29, 1.82) is 0 Å². The number of nitrogens with one attached hydrogen (secondary N) is 1. The quantitative estimate of drug-likeness (QED) is 0.405. The minimum Gasteiger partial charge on any atom is -0.491 e. The molecule has 7 heteroatoms. The molecular formula is C28H34N2O4S. The van der Waals surface area contributed by atoms with E-state index in [1.807, 2.05) is 43.3 Å². The third-order valence-corrected chi connectivity index (χ3v) is 7.41. The number of amides is 1. The van der Waals surface area contributed by atoms with E-state index in [1.54, 1.807) is 30.3 Å². The van der Waals surface area contributed by atoms with Gasteiger partial charge in [0.25, 0.3) is 10.0 Å². The summed E-state index contributed by atoms with van der Waals surface area (Å²) in [6.07, 6.45) is 0.639. The zero-order valence-corrected chi connectivity index (χ0v) is 21.6. The van der Waals surface area contributed by atoms with E-state index in [2.05, 4.69) is 26.1 Å². The molecule has 0 heterocycles. The van der Waals surface area contributed by atoms with Gasteiger partial charge in [0, 0.05) is 0 Å². The maximum absolute atomic E-state index is 13.5. The molecule has 6 nitrogen and oxygen atoms in total. The minimum absolute atomic E-state index is 0.0706. The maximum atomic E-state index is 13.5. The summed E-state index contributed by atoms with van der Waals surface area (Å²) in [7, 11) is -3.94. The Morgan fingerprint density at radius 1 is 0.914 bits per heavy atom. The van der Waals surface area contributed by atoms with Gasteiger partial charge in [-0.05, 0) is 47.2 Å². The van der Waals surface area contributed by atoms with Crippen molar-refractivity contribution in [2.45, 2.75) is 44.4 Å². The number of anilines is 1. The van der Waals surface area contributed by atoms with Crippen LogP contribution in [0.1, 0.15) is 38.8 Å². The summed E-state index contributed by atoms with van der Waals surface area (Å²) in [6, 6.07) is 23.3. The molecule has 0 spiro atoms. The number of hydrogen-bond donors (Lipinski definition) is 1. The first-order valence-electron chi connectivity index (χ1n) is 11.8. The number of ether oxygens (including phenoxy) is 1.